The van der Waals surface area contributed by atoms with Crippen molar-refractivity contribution >= 4 is 29.1 Å². The number of benzene rings is 1. The van der Waals surface area contributed by atoms with E-state index in [2.05, 4.69) is 36.0 Å². The third-order valence-electron chi connectivity index (χ3n) is 5.55. The molecule has 5 nitrogen and oxygen atoms in total. The van der Waals surface area contributed by atoms with E-state index in [0.717, 1.165) is 18.7 Å². The molecule has 0 bridgehead atoms. The quantitative estimate of drug-likeness (QED) is 0.645. The molecule has 2 heterocycles. The zero-order valence-electron chi connectivity index (χ0n) is 17.3. The number of carbonyl (C=O) groups excluding carboxylic acids is 1. The Kier molecular flexibility index (Phi) is 7.25. The number of rotatable bonds is 7. The van der Waals surface area contributed by atoms with Crippen LogP contribution in [0, 0.1) is 5.92 Å². The van der Waals surface area contributed by atoms with Gasteiger partial charge in [0.05, 0.1) is 11.2 Å². The Morgan fingerprint density at radius 2 is 2.17 bits per heavy atom. The lowest BCUT2D eigenvalue weighted by atomic mass is 9.93. The summed E-state index contributed by atoms with van der Waals surface area (Å²) in [7, 11) is 0. The summed E-state index contributed by atoms with van der Waals surface area (Å²) in [5.41, 5.74) is 0.683. The molecule has 0 spiro atoms. The molecule has 0 aliphatic carbocycles. The Hall–Kier alpha value is -1.56. The highest BCUT2D eigenvalue weighted by Crippen LogP contribution is 2.31. The van der Waals surface area contributed by atoms with Crippen LogP contribution in [0.5, 0.6) is 0 Å². The van der Waals surface area contributed by atoms with E-state index >= 15 is 0 Å². The molecule has 2 aromatic rings. The van der Waals surface area contributed by atoms with E-state index in [4.69, 9.17) is 27.6 Å². The Bertz CT molecular complexity index is 850. The molecule has 1 atom stereocenters. The predicted octanol–water partition coefficient (Wildman–Crippen LogP) is 5.21. The van der Waals surface area contributed by atoms with Crippen LogP contribution in [0.25, 0.3) is 11.3 Å². The summed E-state index contributed by atoms with van der Waals surface area (Å²) in [4.78, 5) is 19.1. The van der Waals surface area contributed by atoms with Gasteiger partial charge in [-0.25, -0.2) is 4.98 Å². The van der Waals surface area contributed by atoms with Crippen LogP contribution in [0.4, 0.5) is 0 Å². The van der Waals surface area contributed by atoms with Gasteiger partial charge in [-0.1, -0.05) is 30.1 Å². The highest BCUT2D eigenvalue weighted by Gasteiger charge is 2.30. The lowest BCUT2D eigenvalue weighted by molar-refractivity contribution is -0.121. The fourth-order valence-electron chi connectivity index (χ4n) is 3.71. The van der Waals surface area contributed by atoms with E-state index in [1.807, 2.05) is 0 Å². The number of aromatic nitrogens is 1. The zero-order chi connectivity index (χ0) is 21.0. The number of amides is 1. The molecule has 1 unspecified atom stereocenters. The van der Waals surface area contributed by atoms with Gasteiger partial charge in [-0.2, -0.15) is 0 Å². The SMILES string of the molecule is CC1CCCN(C(C)(C)CNC(=O)CCc2ncc(-c3ccc(Cl)cc3Cl)o2)C1. The minimum atomic E-state index is -0.0498. The van der Waals surface area contributed by atoms with Gasteiger partial charge in [-0.3, -0.25) is 9.69 Å². The molecule has 1 aromatic heterocycles. The van der Waals surface area contributed by atoms with Gasteiger partial charge in [0.2, 0.25) is 5.91 Å². The van der Waals surface area contributed by atoms with Crippen molar-refractivity contribution in [3.63, 3.8) is 0 Å². The number of aryl methyl sites for hydroxylation is 1. The van der Waals surface area contributed by atoms with Gasteiger partial charge in [0, 0.05) is 42.1 Å². The molecule has 0 saturated carbocycles. The molecule has 1 saturated heterocycles. The topological polar surface area (TPSA) is 58.4 Å². The predicted molar refractivity (Wildman–Crippen MR) is 117 cm³/mol. The minimum absolute atomic E-state index is 0.00686. The summed E-state index contributed by atoms with van der Waals surface area (Å²) < 4.78 is 5.77. The van der Waals surface area contributed by atoms with E-state index in [9.17, 15) is 4.79 Å². The molecule has 158 valence electrons. The highest BCUT2D eigenvalue weighted by atomic mass is 35.5. The van der Waals surface area contributed by atoms with Crippen LogP contribution in [-0.4, -0.2) is 41.0 Å². The van der Waals surface area contributed by atoms with Crippen molar-refractivity contribution in [2.24, 2.45) is 5.92 Å². The number of hydrogen-bond donors (Lipinski definition) is 1. The lowest BCUT2D eigenvalue weighted by Crippen LogP contribution is -2.54. The third kappa shape index (κ3) is 5.97. The van der Waals surface area contributed by atoms with E-state index in [1.54, 1.807) is 24.4 Å². The average Bonchev–Trinajstić information content (AvgIpc) is 3.13. The van der Waals surface area contributed by atoms with Crippen LogP contribution < -0.4 is 5.32 Å². The number of halogens is 2. The van der Waals surface area contributed by atoms with E-state index in [1.165, 1.54) is 12.8 Å². The number of oxazole rings is 1. The monoisotopic (exact) mass is 437 g/mol. The van der Waals surface area contributed by atoms with Crippen molar-refractivity contribution in [1.29, 1.82) is 0 Å². The summed E-state index contributed by atoms with van der Waals surface area (Å²) in [6, 6.07) is 5.22. The number of likely N-dealkylation sites (tertiary alicyclic amines) is 1. The van der Waals surface area contributed by atoms with Gasteiger partial charge in [-0.15, -0.1) is 0 Å². The van der Waals surface area contributed by atoms with Crippen molar-refractivity contribution in [3.05, 3.63) is 40.3 Å². The zero-order valence-corrected chi connectivity index (χ0v) is 18.8. The van der Waals surface area contributed by atoms with Crippen LogP contribution in [0.15, 0.2) is 28.8 Å². The Morgan fingerprint density at radius 3 is 2.90 bits per heavy atom. The summed E-state index contributed by atoms with van der Waals surface area (Å²) in [5.74, 6) is 1.81. The molecule has 1 aliphatic rings. The molecular formula is C22H29Cl2N3O2. The lowest BCUT2D eigenvalue weighted by Gasteiger charge is -2.43. The summed E-state index contributed by atoms with van der Waals surface area (Å²) in [6.45, 7) is 9.51. The maximum Gasteiger partial charge on any atom is 0.220 e. The smallest absolute Gasteiger partial charge is 0.220 e. The molecule has 3 rings (SSSR count). The second kappa shape index (κ2) is 9.50. The Morgan fingerprint density at radius 1 is 1.38 bits per heavy atom. The van der Waals surface area contributed by atoms with Crippen molar-refractivity contribution in [2.45, 2.75) is 52.0 Å². The number of nitrogens with one attached hydrogen (secondary N) is 1. The van der Waals surface area contributed by atoms with Crippen molar-refractivity contribution in [2.75, 3.05) is 19.6 Å². The van der Waals surface area contributed by atoms with Gasteiger partial charge in [0.1, 0.15) is 0 Å². The van der Waals surface area contributed by atoms with Crippen LogP contribution in [0.1, 0.15) is 45.9 Å². The van der Waals surface area contributed by atoms with Crippen molar-refractivity contribution in [3.8, 4) is 11.3 Å². The van der Waals surface area contributed by atoms with Gasteiger partial charge in [0.25, 0.3) is 0 Å². The first-order valence-corrected chi connectivity index (χ1v) is 10.9. The summed E-state index contributed by atoms with van der Waals surface area (Å²) in [5, 5.41) is 4.15. The van der Waals surface area contributed by atoms with E-state index in [-0.39, 0.29) is 11.4 Å². The van der Waals surface area contributed by atoms with Gasteiger partial charge >= 0.3 is 0 Å². The van der Waals surface area contributed by atoms with E-state index < -0.39 is 0 Å². The number of hydrogen-bond acceptors (Lipinski definition) is 4. The van der Waals surface area contributed by atoms with Crippen LogP contribution in [0.2, 0.25) is 10.0 Å². The normalized spacial score (nSPS) is 18.0. The molecule has 1 N–H and O–H groups in total. The van der Waals surface area contributed by atoms with Crippen molar-refractivity contribution in [1.82, 2.24) is 15.2 Å². The molecule has 1 fully saturated rings. The molecule has 1 aromatic carbocycles. The fourth-order valence-corrected chi connectivity index (χ4v) is 4.22. The van der Waals surface area contributed by atoms with Gasteiger partial charge < -0.3 is 9.73 Å². The van der Waals surface area contributed by atoms with Gasteiger partial charge in [0.15, 0.2) is 11.7 Å². The maximum absolute atomic E-state index is 12.3. The molecule has 1 aliphatic heterocycles. The molecule has 1 amide bonds. The third-order valence-corrected chi connectivity index (χ3v) is 6.10. The molecule has 29 heavy (non-hydrogen) atoms. The summed E-state index contributed by atoms with van der Waals surface area (Å²) in [6.07, 6.45) is 4.92. The van der Waals surface area contributed by atoms with Gasteiger partial charge in [-0.05, 0) is 57.4 Å². The first-order chi connectivity index (χ1) is 13.7. The Labute approximate surface area is 182 Å². The first kappa shape index (κ1) is 22.1. The Balaban J connectivity index is 1.49. The molecule has 7 heteroatoms. The first-order valence-electron chi connectivity index (χ1n) is 10.2. The average molecular weight is 438 g/mol. The van der Waals surface area contributed by atoms with Crippen molar-refractivity contribution < 1.29 is 9.21 Å². The second-order valence-electron chi connectivity index (χ2n) is 8.52. The maximum atomic E-state index is 12.3. The molecule has 0 radical (unpaired) electrons. The van der Waals surface area contributed by atoms with Crippen LogP contribution in [-0.2, 0) is 11.2 Å². The minimum Gasteiger partial charge on any atom is -0.441 e. The number of carbonyl (C=O) groups is 1. The molecular weight excluding hydrogens is 409 g/mol. The van der Waals surface area contributed by atoms with Crippen LogP contribution in [0.3, 0.4) is 0 Å². The van der Waals surface area contributed by atoms with E-state index in [0.29, 0.717) is 47.0 Å². The number of nitrogens with zero attached hydrogens (tertiary/aromatic N) is 2. The number of piperidine rings is 1. The summed E-state index contributed by atoms with van der Waals surface area (Å²) >= 11 is 12.2. The highest BCUT2D eigenvalue weighted by molar-refractivity contribution is 6.36. The van der Waals surface area contributed by atoms with Crippen LogP contribution >= 0.6 is 23.2 Å². The standard InChI is InChI=1S/C22H29Cl2N3O2/c1-15-5-4-10-27(13-15)22(2,3)14-26-20(28)8-9-21-25-12-19(29-21)17-7-6-16(23)11-18(17)24/h6-7,11-12,15H,4-5,8-10,13-14H2,1-3H3,(H,26,28). The largest absolute Gasteiger partial charge is 0.441 e. The fraction of sp³-hybridized carbons (Fsp3) is 0.545. The second-order valence-corrected chi connectivity index (χ2v) is 9.37.